The van der Waals surface area contributed by atoms with Crippen molar-refractivity contribution in [3.8, 4) is 17.2 Å². The molecule has 0 saturated carbocycles. The van der Waals surface area contributed by atoms with Gasteiger partial charge in [-0.2, -0.15) is 0 Å². The topological polar surface area (TPSA) is 76.4 Å². The zero-order valence-corrected chi connectivity index (χ0v) is 21.8. The lowest BCUT2D eigenvalue weighted by Gasteiger charge is -2.13. The summed E-state index contributed by atoms with van der Waals surface area (Å²) in [6.45, 7) is 8.46. The van der Waals surface area contributed by atoms with Gasteiger partial charge in [0.15, 0.2) is 10.7 Å². The van der Waals surface area contributed by atoms with E-state index in [-0.39, 0.29) is 17.1 Å². The molecule has 0 unspecified atom stereocenters. The Morgan fingerprint density at radius 2 is 1.72 bits per heavy atom. The van der Waals surface area contributed by atoms with Gasteiger partial charge in [0.05, 0.1) is 6.10 Å². The van der Waals surface area contributed by atoms with Crippen molar-refractivity contribution in [1.82, 2.24) is 10.3 Å². The van der Waals surface area contributed by atoms with E-state index in [2.05, 4.69) is 48.5 Å². The number of anilines is 1. The first kappa shape index (κ1) is 25.4. The Morgan fingerprint density at radius 1 is 1.00 bits per heavy atom. The van der Waals surface area contributed by atoms with Crippen LogP contribution in [0.4, 0.5) is 5.69 Å². The molecule has 2 N–H and O–H groups in total. The number of nitrogens with zero attached hydrogens (tertiary/aromatic N) is 1. The van der Waals surface area contributed by atoms with Crippen LogP contribution in [0, 0.1) is 0 Å². The minimum Gasteiger partial charge on any atom is -0.491 e. The van der Waals surface area contributed by atoms with E-state index >= 15 is 0 Å². The number of hydrogen-bond donors (Lipinski definition) is 2. The summed E-state index contributed by atoms with van der Waals surface area (Å²) >= 11 is 5.33. The SMILES string of the molecule is CC[C@@H](C)c1ccc2oc(-c3ccc(NC(=S)NC(=O)c4ccc(O[C@@H](C)CC)cc4)cc3)nc2c1. The number of nitrogens with one attached hydrogen (secondary N) is 2. The number of thiocarbonyl (C=S) groups is 1. The number of oxazole rings is 1. The Balaban J connectivity index is 1.36. The third kappa shape index (κ3) is 6.10. The smallest absolute Gasteiger partial charge is 0.257 e. The molecule has 3 aromatic carbocycles. The van der Waals surface area contributed by atoms with Crippen LogP contribution < -0.4 is 15.4 Å². The standard InChI is InChI=1S/C29H31N3O3S/c1-5-18(3)22-11-16-26-25(17-22)31-28(35-26)21-7-12-23(13-8-21)30-29(36)32-27(33)20-9-14-24(15-10-20)34-19(4)6-2/h7-19H,5-6H2,1-4H3,(H2,30,32,33,36)/t18-,19+/m1/s1. The predicted molar refractivity (Wildman–Crippen MR) is 149 cm³/mol. The number of carbonyl (C=O) groups is 1. The van der Waals surface area contributed by atoms with Gasteiger partial charge in [0.2, 0.25) is 5.89 Å². The second kappa shape index (κ2) is 11.4. The quantitative estimate of drug-likeness (QED) is 0.247. The van der Waals surface area contributed by atoms with Crippen molar-refractivity contribution < 1.29 is 13.9 Å². The molecule has 0 radical (unpaired) electrons. The fourth-order valence-corrected chi connectivity index (χ4v) is 3.85. The highest BCUT2D eigenvalue weighted by Gasteiger charge is 2.12. The second-order valence-corrected chi connectivity index (χ2v) is 9.31. The van der Waals surface area contributed by atoms with E-state index in [4.69, 9.17) is 21.4 Å². The van der Waals surface area contributed by atoms with Crippen molar-refractivity contribution >= 4 is 40.0 Å². The van der Waals surface area contributed by atoms with Gasteiger partial charge in [-0.25, -0.2) is 4.98 Å². The lowest BCUT2D eigenvalue weighted by Crippen LogP contribution is -2.34. The van der Waals surface area contributed by atoms with E-state index in [1.807, 2.05) is 37.3 Å². The summed E-state index contributed by atoms with van der Waals surface area (Å²) in [5.74, 6) is 1.49. The molecule has 1 amide bonds. The Kier molecular flexibility index (Phi) is 8.00. The lowest BCUT2D eigenvalue weighted by atomic mass is 9.98. The zero-order chi connectivity index (χ0) is 25.7. The van der Waals surface area contributed by atoms with Crippen LogP contribution in [0.3, 0.4) is 0 Å². The summed E-state index contributed by atoms with van der Waals surface area (Å²) in [7, 11) is 0. The zero-order valence-electron chi connectivity index (χ0n) is 21.0. The molecule has 0 spiro atoms. The highest BCUT2D eigenvalue weighted by molar-refractivity contribution is 7.80. The average molecular weight is 502 g/mol. The van der Waals surface area contributed by atoms with E-state index in [9.17, 15) is 4.79 Å². The van der Waals surface area contributed by atoms with Crippen molar-refractivity contribution in [2.75, 3.05) is 5.32 Å². The summed E-state index contributed by atoms with van der Waals surface area (Å²) in [6, 6.07) is 20.7. The molecular formula is C29H31N3O3S. The van der Waals surface area contributed by atoms with Gasteiger partial charge in [0.25, 0.3) is 5.91 Å². The molecular weight excluding hydrogens is 470 g/mol. The van der Waals surface area contributed by atoms with Crippen LogP contribution in [0.15, 0.2) is 71.1 Å². The molecule has 0 fully saturated rings. The summed E-state index contributed by atoms with van der Waals surface area (Å²) in [5, 5.41) is 5.97. The number of carbonyl (C=O) groups excluding carboxylic acids is 1. The normalized spacial score (nSPS) is 12.7. The number of benzene rings is 3. The summed E-state index contributed by atoms with van der Waals surface area (Å²) < 4.78 is 11.7. The van der Waals surface area contributed by atoms with Crippen LogP contribution in [0.25, 0.3) is 22.6 Å². The molecule has 186 valence electrons. The fourth-order valence-electron chi connectivity index (χ4n) is 3.64. The first-order valence-electron chi connectivity index (χ1n) is 12.3. The van der Waals surface area contributed by atoms with Crippen molar-refractivity contribution in [2.24, 2.45) is 0 Å². The number of hydrogen-bond acceptors (Lipinski definition) is 5. The minimum atomic E-state index is -0.289. The van der Waals surface area contributed by atoms with Gasteiger partial charge in [-0.15, -0.1) is 0 Å². The van der Waals surface area contributed by atoms with E-state index in [1.54, 1.807) is 24.3 Å². The van der Waals surface area contributed by atoms with Gasteiger partial charge < -0.3 is 14.5 Å². The molecule has 1 aromatic heterocycles. The number of aromatic nitrogens is 1. The molecule has 0 aliphatic heterocycles. The Bertz CT molecular complexity index is 1350. The van der Waals surface area contributed by atoms with E-state index < -0.39 is 0 Å². The highest BCUT2D eigenvalue weighted by atomic mass is 32.1. The second-order valence-electron chi connectivity index (χ2n) is 8.90. The van der Waals surface area contributed by atoms with Crippen LogP contribution in [0.1, 0.15) is 62.4 Å². The summed E-state index contributed by atoms with van der Waals surface area (Å²) in [5.41, 5.74) is 4.98. The number of ether oxygens (including phenoxy) is 1. The van der Waals surface area contributed by atoms with E-state index in [0.717, 1.165) is 40.9 Å². The van der Waals surface area contributed by atoms with Gasteiger partial charge in [-0.1, -0.05) is 26.8 Å². The van der Waals surface area contributed by atoms with Crippen molar-refractivity contribution in [3.63, 3.8) is 0 Å². The summed E-state index contributed by atoms with van der Waals surface area (Å²) in [6.07, 6.45) is 2.11. The van der Waals surface area contributed by atoms with Crippen LogP contribution in [0.2, 0.25) is 0 Å². The van der Waals surface area contributed by atoms with Crippen LogP contribution in [0.5, 0.6) is 5.75 Å². The van der Waals surface area contributed by atoms with Crippen LogP contribution in [-0.2, 0) is 0 Å². The molecule has 2 atom stereocenters. The van der Waals surface area contributed by atoms with E-state index in [1.165, 1.54) is 5.56 Å². The summed E-state index contributed by atoms with van der Waals surface area (Å²) in [4.78, 5) is 17.2. The molecule has 0 bridgehead atoms. The molecule has 0 saturated heterocycles. The van der Waals surface area contributed by atoms with Gasteiger partial charge in [-0.05, 0) is 104 Å². The maximum atomic E-state index is 12.5. The first-order valence-corrected chi connectivity index (χ1v) is 12.7. The third-order valence-corrected chi connectivity index (χ3v) is 6.44. The van der Waals surface area contributed by atoms with Crippen molar-refractivity contribution in [2.45, 2.75) is 52.6 Å². The van der Waals surface area contributed by atoms with Gasteiger partial charge in [0.1, 0.15) is 11.3 Å². The van der Waals surface area contributed by atoms with Crippen molar-refractivity contribution in [3.05, 3.63) is 77.9 Å². The number of rotatable bonds is 8. The van der Waals surface area contributed by atoms with Gasteiger partial charge in [0, 0.05) is 16.8 Å². The predicted octanol–water partition coefficient (Wildman–Crippen LogP) is 7.31. The van der Waals surface area contributed by atoms with E-state index in [0.29, 0.717) is 17.4 Å². The minimum absolute atomic E-state index is 0.123. The fraction of sp³-hybridized carbons (Fsp3) is 0.276. The van der Waals surface area contributed by atoms with Crippen molar-refractivity contribution in [1.29, 1.82) is 0 Å². The maximum absolute atomic E-state index is 12.5. The number of fused-ring (bicyclic) bond motifs is 1. The molecule has 6 nitrogen and oxygen atoms in total. The maximum Gasteiger partial charge on any atom is 0.257 e. The first-order chi connectivity index (χ1) is 17.4. The third-order valence-electron chi connectivity index (χ3n) is 6.24. The Morgan fingerprint density at radius 3 is 2.39 bits per heavy atom. The molecule has 36 heavy (non-hydrogen) atoms. The van der Waals surface area contributed by atoms with Crippen LogP contribution in [-0.4, -0.2) is 22.1 Å². The molecule has 4 rings (SSSR count). The Labute approximate surface area is 217 Å². The van der Waals surface area contributed by atoms with Gasteiger partial charge in [-0.3, -0.25) is 10.1 Å². The largest absolute Gasteiger partial charge is 0.491 e. The molecule has 4 aromatic rings. The number of amides is 1. The van der Waals surface area contributed by atoms with Crippen LogP contribution >= 0.6 is 12.2 Å². The highest BCUT2D eigenvalue weighted by Crippen LogP contribution is 2.28. The lowest BCUT2D eigenvalue weighted by molar-refractivity contribution is 0.0977. The molecule has 7 heteroatoms. The monoisotopic (exact) mass is 501 g/mol. The Hall–Kier alpha value is -3.71. The molecule has 1 heterocycles. The molecule has 0 aliphatic rings. The molecule has 0 aliphatic carbocycles. The van der Waals surface area contributed by atoms with Gasteiger partial charge >= 0.3 is 0 Å². The average Bonchev–Trinajstić information content (AvgIpc) is 3.32.